The van der Waals surface area contributed by atoms with Crippen molar-refractivity contribution in [3.05, 3.63) is 28.8 Å². The lowest BCUT2D eigenvalue weighted by Crippen LogP contribution is -2.41. The fourth-order valence-electron chi connectivity index (χ4n) is 3.59. The van der Waals surface area contributed by atoms with E-state index in [1.54, 1.807) is 6.92 Å². The van der Waals surface area contributed by atoms with E-state index >= 15 is 0 Å². The van der Waals surface area contributed by atoms with Crippen LogP contribution in [0.25, 0.3) is 0 Å². The summed E-state index contributed by atoms with van der Waals surface area (Å²) in [7, 11) is 0. The van der Waals surface area contributed by atoms with Crippen LogP contribution in [-0.4, -0.2) is 58.3 Å². The number of phenolic OH excluding ortho intramolecular Hbond substituents is 1. The number of hydrogen-bond acceptors (Lipinski definition) is 6. The number of aliphatic hydroxyl groups excluding tert-OH is 3. The second-order valence-corrected chi connectivity index (χ2v) is 10.7. The summed E-state index contributed by atoms with van der Waals surface area (Å²) in [5.41, 5.74) is 0.0834. The first-order valence-electron chi connectivity index (χ1n) is 10.1. The summed E-state index contributed by atoms with van der Waals surface area (Å²) < 4.78 is 5.72. The van der Waals surface area contributed by atoms with Crippen LogP contribution in [0.4, 0.5) is 0 Å². The standard InChI is InChI=1S/C23H37NO5/c1-20(2,3)16-8-15(9-17(18(16)28)21(4,5)6)10-23(12-26,13-27)19-24-22(7,11-25)14-29-19/h8-9,25-28H,10-14H2,1-7H3. The summed E-state index contributed by atoms with van der Waals surface area (Å²) in [5, 5.41) is 41.0. The van der Waals surface area contributed by atoms with Crippen LogP contribution in [0.1, 0.15) is 65.2 Å². The molecule has 0 saturated carbocycles. The molecule has 2 rings (SSSR count). The second-order valence-electron chi connectivity index (χ2n) is 10.7. The Kier molecular flexibility index (Phi) is 6.44. The number of aliphatic hydroxyl groups is 3. The highest BCUT2D eigenvalue weighted by atomic mass is 16.5. The number of aromatic hydroxyl groups is 1. The Morgan fingerprint density at radius 2 is 1.45 bits per heavy atom. The van der Waals surface area contributed by atoms with Crippen molar-refractivity contribution in [1.29, 1.82) is 0 Å². The first-order valence-corrected chi connectivity index (χ1v) is 10.1. The van der Waals surface area contributed by atoms with Crippen molar-refractivity contribution in [2.24, 2.45) is 10.4 Å². The van der Waals surface area contributed by atoms with Gasteiger partial charge in [-0.05, 0) is 40.9 Å². The number of phenols is 1. The number of aliphatic imine (C=N–C) groups is 1. The van der Waals surface area contributed by atoms with Crippen LogP contribution in [-0.2, 0) is 22.0 Å². The summed E-state index contributed by atoms with van der Waals surface area (Å²) in [6, 6.07) is 3.87. The maximum atomic E-state index is 10.9. The minimum absolute atomic E-state index is 0.176. The molecule has 1 aromatic rings. The quantitative estimate of drug-likeness (QED) is 0.581. The highest BCUT2D eigenvalue weighted by molar-refractivity contribution is 5.85. The lowest BCUT2D eigenvalue weighted by molar-refractivity contribution is 0.0859. The molecular formula is C23H37NO5. The van der Waals surface area contributed by atoms with Crippen molar-refractivity contribution < 1.29 is 25.2 Å². The molecule has 29 heavy (non-hydrogen) atoms. The van der Waals surface area contributed by atoms with E-state index in [4.69, 9.17) is 4.74 Å². The van der Waals surface area contributed by atoms with Crippen molar-refractivity contribution in [2.75, 3.05) is 26.4 Å². The third-order valence-electron chi connectivity index (χ3n) is 5.62. The Labute approximate surface area is 174 Å². The third kappa shape index (κ3) is 4.76. The van der Waals surface area contributed by atoms with Gasteiger partial charge < -0.3 is 25.2 Å². The largest absolute Gasteiger partial charge is 0.507 e. The molecule has 0 aliphatic carbocycles. The Bertz CT molecular complexity index is 733. The average molecular weight is 408 g/mol. The average Bonchev–Trinajstić information content (AvgIpc) is 3.02. The first kappa shape index (κ1) is 23.6. The summed E-state index contributed by atoms with van der Waals surface area (Å²) in [5.74, 6) is 0.552. The zero-order chi connectivity index (χ0) is 22.3. The zero-order valence-electron chi connectivity index (χ0n) is 18.8. The van der Waals surface area contributed by atoms with E-state index in [1.165, 1.54) is 0 Å². The van der Waals surface area contributed by atoms with E-state index in [0.717, 1.165) is 16.7 Å². The molecule has 0 bridgehead atoms. The Morgan fingerprint density at radius 1 is 0.966 bits per heavy atom. The molecule has 0 spiro atoms. The van der Waals surface area contributed by atoms with Gasteiger partial charge in [0.15, 0.2) is 5.90 Å². The summed E-state index contributed by atoms with van der Waals surface area (Å²) in [6.45, 7) is 13.4. The molecular weight excluding hydrogens is 370 g/mol. The Hall–Kier alpha value is -1.63. The number of nitrogens with zero attached hydrogens (tertiary/aromatic N) is 1. The molecule has 0 fully saturated rings. The van der Waals surface area contributed by atoms with Crippen molar-refractivity contribution in [3.63, 3.8) is 0 Å². The van der Waals surface area contributed by atoms with Gasteiger partial charge in [-0.3, -0.25) is 0 Å². The number of ether oxygens (including phenoxy) is 1. The minimum atomic E-state index is -1.10. The molecule has 1 aliphatic heterocycles. The summed E-state index contributed by atoms with van der Waals surface area (Å²) in [6.07, 6.45) is 0.298. The van der Waals surface area contributed by atoms with Crippen LogP contribution in [0.2, 0.25) is 0 Å². The monoisotopic (exact) mass is 407 g/mol. The summed E-state index contributed by atoms with van der Waals surface area (Å²) >= 11 is 0. The minimum Gasteiger partial charge on any atom is -0.507 e. The first-order chi connectivity index (χ1) is 13.2. The molecule has 0 aromatic heterocycles. The molecule has 164 valence electrons. The maximum absolute atomic E-state index is 10.9. The van der Waals surface area contributed by atoms with Gasteiger partial charge in [0.05, 0.1) is 25.2 Å². The number of hydrogen-bond donors (Lipinski definition) is 4. The van der Waals surface area contributed by atoms with Crippen LogP contribution in [0.15, 0.2) is 17.1 Å². The van der Waals surface area contributed by atoms with E-state index in [1.807, 2.05) is 53.7 Å². The van der Waals surface area contributed by atoms with Gasteiger partial charge in [0.2, 0.25) is 0 Å². The molecule has 6 heteroatoms. The van der Waals surface area contributed by atoms with Gasteiger partial charge in [0.1, 0.15) is 17.9 Å². The topological polar surface area (TPSA) is 103 Å². The second kappa shape index (κ2) is 7.89. The number of rotatable bonds is 6. The van der Waals surface area contributed by atoms with E-state index in [2.05, 4.69) is 4.99 Å². The van der Waals surface area contributed by atoms with Crippen LogP contribution >= 0.6 is 0 Å². The van der Waals surface area contributed by atoms with Gasteiger partial charge in [0.25, 0.3) is 0 Å². The van der Waals surface area contributed by atoms with Crippen LogP contribution in [0, 0.1) is 5.41 Å². The SMILES string of the molecule is CC1(CO)COC(C(CO)(CO)Cc2cc(C(C)(C)C)c(O)c(C(C)(C)C)c2)=N1. The Morgan fingerprint density at radius 3 is 1.79 bits per heavy atom. The molecule has 1 aromatic carbocycles. The lowest BCUT2D eigenvalue weighted by atomic mass is 9.75. The molecule has 0 amide bonds. The molecule has 0 saturated heterocycles. The van der Waals surface area contributed by atoms with Crippen molar-refractivity contribution in [3.8, 4) is 5.75 Å². The molecule has 6 nitrogen and oxygen atoms in total. The van der Waals surface area contributed by atoms with Crippen LogP contribution in [0.3, 0.4) is 0 Å². The van der Waals surface area contributed by atoms with Crippen molar-refractivity contribution in [1.82, 2.24) is 0 Å². The molecule has 1 unspecified atom stereocenters. The van der Waals surface area contributed by atoms with Crippen molar-refractivity contribution in [2.45, 2.75) is 71.3 Å². The summed E-state index contributed by atoms with van der Waals surface area (Å²) in [4.78, 5) is 4.48. The molecule has 1 aliphatic rings. The fraction of sp³-hybridized carbons (Fsp3) is 0.696. The van der Waals surface area contributed by atoms with Gasteiger partial charge in [-0.2, -0.15) is 0 Å². The normalized spacial score (nSPS) is 20.6. The molecule has 0 radical (unpaired) electrons. The van der Waals surface area contributed by atoms with Gasteiger partial charge >= 0.3 is 0 Å². The smallest absolute Gasteiger partial charge is 0.195 e. The van der Waals surface area contributed by atoms with Gasteiger partial charge in [-0.15, -0.1) is 0 Å². The fourth-order valence-corrected chi connectivity index (χ4v) is 3.59. The maximum Gasteiger partial charge on any atom is 0.195 e. The highest BCUT2D eigenvalue weighted by Gasteiger charge is 2.44. The molecule has 1 heterocycles. The molecule has 1 atom stereocenters. The van der Waals surface area contributed by atoms with Crippen LogP contribution < -0.4 is 0 Å². The Balaban J connectivity index is 2.59. The van der Waals surface area contributed by atoms with Gasteiger partial charge in [0, 0.05) is 0 Å². The zero-order valence-corrected chi connectivity index (χ0v) is 18.8. The van der Waals surface area contributed by atoms with Gasteiger partial charge in [-0.25, -0.2) is 4.99 Å². The predicted octanol–water partition coefficient (Wildman–Crippen LogP) is 2.68. The third-order valence-corrected chi connectivity index (χ3v) is 5.62. The van der Waals surface area contributed by atoms with E-state index in [9.17, 15) is 20.4 Å². The van der Waals surface area contributed by atoms with Crippen molar-refractivity contribution >= 4 is 5.90 Å². The van der Waals surface area contributed by atoms with Crippen LogP contribution in [0.5, 0.6) is 5.75 Å². The highest BCUT2D eigenvalue weighted by Crippen LogP contribution is 2.41. The van der Waals surface area contributed by atoms with Gasteiger partial charge in [-0.1, -0.05) is 53.7 Å². The van der Waals surface area contributed by atoms with E-state index < -0.39 is 11.0 Å². The predicted molar refractivity (Wildman–Crippen MR) is 115 cm³/mol. The lowest BCUT2D eigenvalue weighted by Gasteiger charge is -2.32. The number of benzene rings is 1. The van der Waals surface area contributed by atoms with E-state index in [0.29, 0.717) is 6.42 Å². The molecule has 4 N–H and O–H groups in total. The van der Waals surface area contributed by atoms with E-state index in [-0.39, 0.29) is 48.9 Å².